The van der Waals surface area contributed by atoms with Crippen molar-refractivity contribution in [2.24, 2.45) is 0 Å². The van der Waals surface area contributed by atoms with E-state index in [2.05, 4.69) is 20.3 Å². The second-order valence-corrected chi connectivity index (χ2v) is 7.04. The lowest BCUT2D eigenvalue weighted by Gasteiger charge is -2.08. The summed E-state index contributed by atoms with van der Waals surface area (Å²) in [5.41, 5.74) is 0. The first kappa shape index (κ1) is 16.4. The van der Waals surface area contributed by atoms with Crippen LogP contribution in [0.15, 0.2) is 24.8 Å². The van der Waals surface area contributed by atoms with E-state index in [1.165, 1.54) is 6.26 Å². The quantitative estimate of drug-likeness (QED) is 0.703. The van der Waals surface area contributed by atoms with Crippen molar-refractivity contribution in [1.29, 1.82) is 0 Å². The van der Waals surface area contributed by atoms with E-state index in [4.69, 9.17) is 4.74 Å². The van der Waals surface area contributed by atoms with Gasteiger partial charge in [0.2, 0.25) is 0 Å². The molecule has 0 saturated carbocycles. The van der Waals surface area contributed by atoms with Crippen LogP contribution in [0.1, 0.15) is 5.82 Å². The maximum atomic E-state index is 10.9. The SMILES string of the molecule is Cc1nccn1-c1cncc(NCCOCCS(C)(=O)=O)n1. The average Bonchev–Trinajstić information content (AvgIpc) is 2.88. The Morgan fingerprint density at radius 2 is 2.14 bits per heavy atom. The van der Waals surface area contributed by atoms with Gasteiger partial charge in [-0.3, -0.25) is 9.55 Å². The Kier molecular flexibility index (Phi) is 5.45. The van der Waals surface area contributed by atoms with Gasteiger partial charge in [-0.15, -0.1) is 0 Å². The molecule has 0 saturated heterocycles. The lowest BCUT2D eigenvalue weighted by molar-refractivity contribution is 0.159. The highest BCUT2D eigenvalue weighted by molar-refractivity contribution is 7.90. The molecule has 1 N–H and O–H groups in total. The zero-order chi connectivity index (χ0) is 16.0. The van der Waals surface area contributed by atoms with Crippen LogP contribution in [0.3, 0.4) is 0 Å². The van der Waals surface area contributed by atoms with Crippen LogP contribution < -0.4 is 5.32 Å². The van der Waals surface area contributed by atoms with Crippen LogP contribution in [0, 0.1) is 6.92 Å². The summed E-state index contributed by atoms with van der Waals surface area (Å²) >= 11 is 0. The van der Waals surface area contributed by atoms with Crippen LogP contribution >= 0.6 is 0 Å². The molecule has 2 aromatic rings. The summed E-state index contributed by atoms with van der Waals surface area (Å²) in [7, 11) is -2.97. The number of hydrogen-bond acceptors (Lipinski definition) is 7. The molecule has 9 heteroatoms. The van der Waals surface area contributed by atoms with Gasteiger partial charge in [-0.25, -0.2) is 18.4 Å². The van der Waals surface area contributed by atoms with E-state index in [0.717, 1.165) is 5.82 Å². The maximum absolute atomic E-state index is 10.9. The monoisotopic (exact) mass is 325 g/mol. The van der Waals surface area contributed by atoms with E-state index < -0.39 is 9.84 Å². The Labute approximate surface area is 129 Å². The number of aryl methyl sites for hydroxylation is 1. The highest BCUT2D eigenvalue weighted by Crippen LogP contribution is 2.08. The zero-order valence-corrected chi connectivity index (χ0v) is 13.4. The first-order valence-electron chi connectivity index (χ1n) is 6.77. The standard InChI is InChI=1S/C13H19N5O3S/c1-11-15-3-5-18(11)13-10-14-9-12(17-13)16-4-6-21-7-8-22(2,19)20/h3,5,9-10H,4,6-8H2,1-2H3,(H,16,17). The van der Waals surface area contributed by atoms with E-state index in [1.54, 1.807) is 18.6 Å². The van der Waals surface area contributed by atoms with Gasteiger partial charge >= 0.3 is 0 Å². The van der Waals surface area contributed by atoms with E-state index in [1.807, 2.05) is 17.7 Å². The number of imidazole rings is 1. The molecule has 2 heterocycles. The molecule has 0 atom stereocenters. The van der Waals surface area contributed by atoms with Crippen LogP contribution in [-0.4, -0.2) is 59.7 Å². The van der Waals surface area contributed by atoms with Gasteiger partial charge < -0.3 is 10.1 Å². The normalized spacial score (nSPS) is 11.5. The largest absolute Gasteiger partial charge is 0.379 e. The molecule has 0 aliphatic carbocycles. The molecule has 8 nitrogen and oxygen atoms in total. The summed E-state index contributed by atoms with van der Waals surface area (Å²) in [6, 6.07) is 0. The topological polar surface area (TPSA) is 99.0 Å². The summed E-state index contributed by atoms with van der Waals surface area (Å²) in [5.74, 6) is 2.16. The molecule has 0 aliphatic rings. The third kappa shape index (κ3) is 5.08. The average molecular weight is 325 g/mol. The molecule has 0 amide bonds. The van der Waals surface area contributed by atoms with Gasteiger partial charge in [0.05, 0.1) is 31.4 Å². The minimum Gasteiger partial charge on any atom is -0.379 e. The summed E-state index contributed by atoms with van der Waals surface area (Å²) in [5, 5.41) is 3.08. The number of aromatic nitrogens is 4. The van der Waals surface area contributed by atoms with Crippen LogP contribution in [0.25, 0.3) is 5.82 Å². The van der Waals surface area contributed by atoms with E-state index in [0.29, 0.717) is 24.8 Å². The van der Waals surface area contributed by atoms with Crippen LogP contribution in [-0.2, 0) is 14.6 Å². The lowest BCUT2D eigenvalue weighted by atomic mass is 10.5. The Balaban J connectivity index is 1.81. The smallest absolute Gasteiger partial charge is 0.159 e. The van der Waals surface area contributed by atoms with Crippen LogP contribution in [0.4, 0.5) is 5.82 Å². The second kappa shape index (κ2) is 7.32. The van der Waals surface area contributed by atoms with Gasteiger partial charge in [0, 0.05) is 25.2 Å². The maximum Gasteiger partial charge on any atom is 0.159 e. The predicted molar refractivity (Wildman–Crippen MR) is 82.9 cm³/mol. The molecule has 0 aliphatic heterocycles. The number of hydrogen-bond donors (Lipinski definition) is 1. The fourth-order valence-electron chi connectivity index (χ4n) is 1.74. The van der Waals surface area contributed by atoms with E-state index in [-0.39, 0.29) is 12.4 Å². The number of nitrogens with one attached hydrogen (secondary N) is 1. The summed E-state index contributed by atoms with van der Waals surface area (Å²) in [6.45, 7) is 2.99. The van der Waals surface area contributed by atoms with Crippen molar-refractivity contribution in [2.75, 3.05) is 37.1 Å². The fraction of sp³-hybridized carbons (Fsp3) is 0.462. The Morgan fingerprint density at radius 3 is 2.82 bits per heavy atom. The molecule has 0 aromatic carbocycles. The second-order valence-electron chi connectivity index (χ2n) is 4.78. The van der Waals surface area contributed by atoms with Crippen molar-refractivity contribution in [3.05, 3.63) is 30.6 Å². The molecular weight excluding hydrogens is 306 g/mol. The molecule has 0 fully saturated rings. The third-order valence-corrected chi connectivity index (χ3v) is 3.75. The molecule has 120 valence electrons. The molecule has 0 spiro atoms. The van der Waals surface area contributed by atoms with Gasteiger partial charge in [-0.05, 0) is 6.92 Å². The Morgan fingerprint density at radius 1 is 1.32 bits per heavy atom. The summed E-state index contributed by atoms with van der Waals surface area (Å²) < 4.78 is 29.0. The van der Waals surface area contributed by atoms with Crippen molar-refractivity contribution in [2.45, 2.75) is 6.92 Å². The molecule has 0 radical (unpaired) electrons. The lowest BCUT2D eigenvalue weighted by Crippen LogP contribution is -2.15. The predicted octanol–water partition coefficient (Wildman–Crippen LogP) is 0.444. The number of rotatable bonds is 8. The van der Waals surface area contributed by atoms with Gasteiger partial charge in [-0.1, -0.05) is 0 Å². The Hall–Kier alpha value is -2.00. The molecule has 0 bridgehead atoms. The molecule has 2 aromatic heterocycles. The summed E-state index contributed by atoms with van der Waals surface area (Å²) in [6.07, 6.45) is 7.98. The number of nitrogens with zero attached hydrogens (tertiary/aromatic N) is 4. The highest BCUT2D eigenvalue weighted by Gasteiger charge is 2.04. The minimum absolute atomic E-state index is 0.0300. The van der Waals surface area contributed by atoms with Gasteiger partial charge in [0.1, 0.15) is 21.5 Å². The van der Waals surface area contributed by atoms with Crippen molar-refractivity contribution < 1.29 is 13.2 Å². The van der Waals surface area contributed by atoms with Crippen molar-refractivity contribution in [1.82, 2.24) is 19.5 Å². The number of ether oxygens (including phenoxy) is 1. The Bertz CT molecular complexity index is 714. The van der Waals surface area contributed by atoms with Crippen molar-refractivity contribution in [3.63, 3.8) is 0 Å². The van der Waals surface area contributed by atoms with Gasteiger partial charge in [-0.2, -0.15) is 0 Å². The zero-order valence-electron chi connectivity index (χ0n) is 12.6. The number of anilines is 1. The summed E-state index contributed by atoms with van der Waals surface area (Å²) in [4.78, 5) is 12.7. The van der Waals surface area contributed by atoms with E-state index in [9.17, 15) is 8.42 Å². The fourth-order valence-corrected chi connectivity index (χ4v) is 2.16. The van der Waals surface area contributed by atoms with Crippen LogP contribution in [0.2, 0.25) is 0 Å². The van der Waals surface area contributed by atoms with Crippen LogP contribution in [0.5, 0.6) is 0 Å². The van der Waals surface area contributed by atoms with Gasteiger partial charge in [0.25, 0.3) is 0 Å². The van der Waals surface area contributed by atoms with E-state index >= 15 is 0 Å². The van der Waals surface area contributed by atoms with Crippen molar-refractivity contribution >= 4 is 15.7 Å². The number of sulfone groups is 1. The molecule has 0 unspecified atom stereocenters. The molecular formula is C13H19N5O3S. The third-order valence-electron chi connectivity index (χ3n) is 2.85. The minimum atomic E-state index is -2.97. The highest BCUT2D eigenvalue weighted by atomic mass is 32.2. The van der Waals surface area contributed by atoms with Crippen molar-refractivity contribution in [3.8, 4) is 5.82 Å². The van der Waals surface area contributed by atoms with Gasteiger partial charge in [0.15, 0.2) is 5.82 Å². The first-order valence-corrected chi connectivity index (χ1v) is 8.83. The first-order chi connectivity index (χ1) is 10.5. The molecule has 22 heavy (non-hydrogen) atoms. The molecule has 2 rings (SSSR count).